The summed E-state index contributed by atoms with van der Waals surface area (Å²) >= 11 is 0. The lowest BCUT2D eigenvalue weighted by Gasteiger charge is -2.56. The second kappa shape index (κ2) is 7.42. The van der Waals surface area contributed by atoms with E-state index in [4.69, 9.17) is 0 Å². The fourth-order valence-electron chi connectivity index (χ4n) is 6.02. The molecule has 140 valence electrons. The van der Waals surface area contributed by atoms with Crippen molar-refractivity contribution in [2.24, 2.45) is 23.2 Å². The van der Waals surface area contributed by atoms with Crippen LogP contribution in [0.5, 0.6) is 0 Å². The Morgan fingerprint density at radius 2 is 1.54 bits per heavy atom. The Morgan fingerprint density at radius 1 is 0.923 bits per heavy atom. The van der Waals surface area contributed by atoms with E-state index < -0.39 is 0 Å². The smallest absolute Gasteiger partial charge is 0.251 e. The fourth-order valence-corrected chi connectivity index (χ4v) is 6.02. The molecule has 0 atom stereocenters. The number of nitrogens with one attached hydrogen (secondary N) is 2. The Morgan fingerprint density at radius 3 is 2.15 bits per heavy atom. The molecule has 2 amide bonds. The maximum absolute atomic E-state index is 12.2. The molecule has 4 nitrogen and oxygen atoms in total. The van der Waals surface area contributed by atoms with Crippen molar-refractivity contribution in [2.45, 2.75) is 51.4 Å². The highest BCUT2D eigenvalue weighted by molar-refractivity contribution is 5.94. The van der Waals surface area contributed by atoms with Crippen LogP contribution in [-0.2, 0) is 4.79 Å². The first-order valence-electron chi connectivity index (χ1n) is 10.2. The summed E-state index contributed by atoms with van der Waals surface area (Å²) in [6, 6.07) is 9.20. The molecule has 0 radical (unpaired) electrons. The third kappa shape index (κ3) is 3.94. The number of carbonyl (C=O) groups excluding carboxylic acids is 2. The Labute approximate surface area is 156 Å². The molecule has 4 fully saturated rings. The van der Waals surface area contributed by atoms with E-state index in [0.29, 0.717) is 30.4 Å². The molecule has 1 aromatic rings. The summed E-state index contributed by atoms with van der Waals surface area (Å²) in [5.41, 5.74) is 1.06. The number of carbonyl (C=O) groups is 2. The van der Waals surface area contributed by atoms with Crippen LogP contribution < -0.4 is 10.6 Å². The third-order valence-corrected chi connectivity index (χ3v) is 6.73. The van der Waals surface area contributed by atoms with Gasteiger partial charge < -0.3 is 10.6 Å². The van der Waals surface area contributed by atoms with E-state index in [1.165, 1.54) is 38.5 Å². The SMILES string of the molecule is O=C(CCCNC(=O)c1ccccc1)NCC12CC3CC(CC(C3)C1)C2. The Hall–Kier alpha value is -1.84. The van der Waals surface area contributed by atoms with Crippen LogP contribution >= 0.6 is 0 Å². The maximum atomic E-state index is 12.2. The van der Waals surface area contributed by atoms with E-state index in [1.807, 2.05) is 18.2 Å². The number of benzene rings is 1. The second-order valence-corrected chi connectivity index (χ2v) is 8.92. The van der Waals surface area contributed by atoms with E-state index in [-0.39, 0.29) is 11.8 Å². The van der Waals surface area contributed by atoms with E-state index in [2.05, 4.69) is 10.6 Å². The average molecular weight is 354 g/mol. The molecule has 4 bridgehead atoms. The highest BCUT2D eigenvalue weighted by Gasteiger charge is 2.50. The minimum absolute atomic E-state index is 0.0698. The molecule has 0 aliphatic heterocycles. The molecule has 4 aliphatic carbocycles. The summed E-state index contributed by atoms with van der Waals surface area (Å²) in [6.45, 7) is 1.41. The van der Waals surface area contributed by atoms with Crippen molar-refractivity contribution in [1.82, 2.24) is 10.6 Å². The van der Waals surface area contributed by atoms with E-state index in [1.54, 1.807) is 12.1 Å². The number of rotatable bonds is 7. The summed E-state index contributed by atoms with van der Waals surface area (Å²) in [6.07, 6.45) is 9.47. The minimum atomic E-state index is -0.0698. The standard InChI is InChI=1S/C22H30N2O2/c25-20(7-4-8-23-21(26)19-5-2-1-3-6-19)24-15-22-12-16-9-17(13-22)11-18(10-16)14-22/h1-3,5-6,16-18H,4,7-15H2,(H,23,26)(H,24,25). The van der Waals surface area contributed by atoms with Crippen molar-refractivity contribution in [3.63, 3.8) is 0 Å². The van der Waals surface area contributed by atoms with Crippen LogP contribution in [0, 0.1) is 23.2 Å². The van der Waals surface area contributed by atoms with E-state index in [0.717, 1.165) is 24.3 Å². The van der Waals surface area contributed by atoms with Crippen molar-refractivity contribution < 1.29 is 9.59 Å². The molecule has 0 unspecified atom stereocenters. The molecular weight excluding hydrogens is 324 g/mol. The van der Waals surface area contributed by atoms with Crippen molar-refractivity contribution in [2.75, 3.05) is 13.1 Å². The molecule has 26 heavy (non-hydrogen) atoms. The van der Waals surface area contributed by atoms with Gasteiger partial charge in [-0.15, -0.1) is 0 Å². The zero-order chi connectivity index (χ0) is 18.0. The Kier molecular flexibility index (Phi) is 5.01. The summed E-state index contributed by atoms with van der Waals surface area (Å²) in [4.78, 5) is 24.2. The van der Waals surface area contributed by atoms with Crippen LogP contribution in [0.3, 0.4) is 0 Å². The lowest BCUT2D eigenvalue weighted by Crippen LogP contribution is -2.51. The van der Waals surface area contributed by atoms with Gasteiger partial charge in [-0.05, 0) is 80.2 Å². The van der Waals surface area contributed by atoms with Gasteiger partial charge in [-0.25, -0.2) is 0 Å². The molecule has 1 aromatic carbocycles. The first-order chi connectivity index (χ1) is 12.6. The number of hydrogen-bond acceptors (Lipinski definition) is 2. The lowest BCUT2D eigenvalue weighted by molar-refractivity contribution is -0.123. The first kappa shape index (κ1) is 17.6. The molecule has 4 aliphatic rings. The van der Waals surface area contributed by atoms with Gasteiger partial charge in [-0.2, -0.15) is 0 Å². The van der Waals surface area contributed by atoms with Crippen molar-refractivity contribution in [1.29, 1.82) is 0 Å². The quantitative estimate of drug-likeness (QED) is 0.736. The molecular formula is C22H30N2O2. The minimum Gasteiger partial charge on any atom is -0.356 e. The van der Waals surface area contributed by atoms with Gasteiger partial charge in [0.15, 0.2) is 0 Å². The van der Waals surface area contributed by atoms with Gasteiger partial charge in [0, 0.05) is 25.1 Å². The van der Waals surface area contributed by atoms with Crippen LogP contribution in [0.4, 0.5) is 0 Å². The van der Waals surface area contributed by atoms with Crippen LogP contribution in [0.25, 0.3) is 0 Å². The van der Waals surface area contributed by atoms with E-state index in [9.17, 15) is 9.59 Å². The van der Waals surface area contributed by atoms with Gasteiger partial charge in [0.2, 0.25) is 5.91 Å². The summed E-state index contributed by atoms with van der Waals surface area (Å²) in [5.74, 6) is 2.83. The topological polar surface area (TPSA) is 58.2 Å². The van der Waals surface area contributed by atoms with Crippen LogP contribution in [0.1, 0.15) is 61.7 Å². The van der Waals surface area contributed by atoms with Crippen molar-refractivity contribution >= 4 is 11.8 Å². The van der Waals surface area contributed by atoms with Gasteiger partial charge in [0.25, 0.3) is 5.91 Å². The normalized spacial score (nSPS) is 31.6. The fraction of sp³-hybridized carbons (Fsp3) is 0.636. The maximum Gasteiger partial charge on any atom is 0.251 e. The predicted molar refractivity (Wildman–Crippen MR) is 102 cm³/mol. The third-order valence-electron chi connectivity index (χ3n) is 6.73. The number of amides is 2. The molecule has 5 rings (SSSR count). The highest BCUT2D eigenvalue weighted by atomic mass is 16.2. The summed E-state index contributed by atoms with van der Waals surface area (Å²) < 4.78 is 0. The molecule has 4 heteroatoms. The van der Waals surface area contributed by atoms with Crippen molar-refractivity contribution in [3.8, 4) is 0 Å². The monoisotopic (exact) mass is 354 g/mol. The van der Waals surface area contributed by atoms with Gasteiger partial charge in [-0.3, -0.25) is 9.59 Å². The molecule has 0 heterocycles. The van der Waals surface area contributed by atoms with Gasteiger partial charge in [0.05, 0.1) is 0 Å². The largest absolute Gasteiger partial charge is 0.356 e. The van der Waals surface area contributed by atoms with Crippen LogP contribution in [0.15, 0.2) is 30.3 Å². The van der Waals surface area contributed by atoms with Crippen LogP contribution in [-0.4, -0.2) is 24.9 Å². The lowest BCUT2D eigenvalue weighted by atomic mass is 9.49. The first-order valence-corrected chi connectivity index (χ1v) is 10.2. The summed E-state index contributed by atoms with van der Waals surface area (Å²) in [7, 11) is 0. The number of hydrogen-bond donors (Lipinski definition) is 2. The van der Waals surface area contributed by atoms with Gasteiger partial charge in [-0.1, -0.05) is 18.2 Å². The van der Waals surface area contributed by atoms with E-state index >= 15 is 0 Å². The Balaban J connectivity index is 1.16. The zero-order valence-corrected chi connectivity index (χ0v) is 15.5. The molecule has 4 saturated carbocycles. The molecule has 0 saturated heterocycles. The molecule has 0 aromatic heterocycles. The Bertz CT molecular complexity index is 620. The summed E-state index contributed by atoms with van der Waals surface area (Å²) in [5, 5.41) is 6.09. The second-order valence-electron chi connectivity index (χ2n) is 8.92. The average Bonchev–Trinajstić information content (AvgIpc) is 2.63. The zero-order valence-electron chi connectivity index (χ0n) is 15.5. The van der Waals surface area contributed by atoms with Crippen LogP contribution in [0.2, 0.25) is 0 Å². The molecule has 0 spiro atoms. The van der Waals surface area contributed by atoms with Gasteiger partial charge >= 0.3 is 0 Å². The van der Waals surface area contributed by atoms with Gasteiger partial charge in [0.1, 0.15) is 0 Å². The molecule has 2 N–H and O–H groups in total. The van der Waals surface area contributed by atoms with Crippen molar-refractivity contribution in [3.05, 3.63) is 35.9 Å². The predicted octanol–water partition coefficient (Wildman–Crippen LogP) is 3.53. The highest BCUT2D eigenvalue weighted by Crippen LogP contribution is 2.59.